The Kier molecular flexibility index (Phi) is 2.90. The van der Waals surface area contributed by atoms with Gasteiger partial charge >= 0.3 is 0 Å². The number of benzene rings is 2. The molecule has 0 N–H and O–H groups in total. The molecule has 22 heavy (non-hydrogen) atoms. The second kappa shape index (κ2) is 4.65. The number of nitriles is 1. The highest BCUT2D eigenvalue weighted by molar-refractivity contribution is 6.30. The van der Waals surface area contributed by atoms with Gasteiger partial charge in [-0.2, -0.15) is 5.26 Å². The van der Waals surface area contributed by atoms with E-state index < -0.39 is 0 Å². The molecule has 0 saturated carbocycles. The highest BCUT2D eigenvalue weighted by Gasteiger charge is 2.34. The van der Waals surface area contributed by atoms with Crippen LogP contribution in [-0.4, -0.2) is 11.6 Å². The van der Waals surface area contributed by atoms with E-state index in [4.69, 9.17) is 6.57 Å². The van der Waals surface area contributed by atoms with E-state index in [1.165, 1.54) is 0 Å². The van der Waals surface area contributed by atoms with Crippen LogP contribution in [0.3, 0.4) is 0 Å². The number of ketones is 2. The smallest absolute Gasteiger partial charge is 0.208 e. The summed E-state index contributed by atoms with van der Waals surface area (Å²) in [4.78, 5) is 28.9. The number of hydrogen-bond donors (Lipinski definition) is 0. The molecule has 104 valence electrons. The van der Waals surface area contributed by atoms with Gasteiger partial charge in [0.25, 0.3) is 0 Å². The predicted molar refractivity (Wildman–Crippen MR) is 80.2 cm³/mol. The average molecular weight is 286 g/mol. The summed E-state index contributed by atoms with van der Waals surface area (Å²) in [6, 6.07) is 8.62. The Morgan fingerprint density at radius 3 is 1.95 bits per heavy atom. The molecule has 4 heteroatoms. The first-order valence-corrected chi connectivity index (χ1v) is 6.66. The molecule has 0 saturated heterocycles. The summed E-state index contributed by atoms with van der Waals surface area (Å²) >= 11 is 0. The monoisotopic (exact) mass is 286 g/mol. The Morgan fingerprint density at radius 2 is 1.50 bits per heavy atom. The van der Waals surface area contributed by atoms with E-state index in [2.05, 4.69) is 4.85 Å². The zero-order chi connectivity index (χ0) is 16.0. The van der Waals surface area contributed by atoms with Gasteiger partial charge in [0, 0.05) is 22.3 Å². The third-order valence-electron chi connectivity index (χ3n) is 4.06. The van der Waals surface area contributed by atoms with Crippen LogP contribution in [0.4, 0.5) is 5.69 Å². The number of nitrogens with zero attached hydrogens (tertiary/aromatic N) is 2. The summed E-state index contributed by atoms with van der Waals surface area (Å²) in [6.45, 7) is 10.5. The maximum Gasteiger partial charge on any atom is 0.208 e. The Bertz CT molecular complexity index is 879. The lowest BCUT2D eigenvalue weighted by Crippen LogP contribution is -2.23. The minimum absolute atomic E-state index is 0.152. The van der Waals surface area contributed by atoms with Crippen LogP contribution >= 0.6 is 0 Å². The van der Waals surface area contributed by atoms with Crippen molar-refractivity contribution in [2.45, 2.75) is 13.8 Å². The van der Waals surface area contributed by atoms with Gasteiger partial charge in [0.15, 0.2) is 11.6 Å². The van der Waals surface area contributed by atoms with Crippen LogP contribution < -0.4 is 0 Å². The van der Waals surface area contributed by atoms with Crippen LogP contribution in [0, 0.1) is 31.8 Å². The van der Waals surface area contributed by atoms with Crippen molar-refractivity contribution in [1.82, 2.24) is 0 Å². The number of carbonyl (C=O) groups is 2. The summed E-state index contributed by atoms with van der Waals surface area (Å²) in [5.74, 6) is -0.529. The zero-order valence-electron chi connectivity index (χ0n) is 12.0. The van der Waals surface area contributed by atoms with Gasteiger partial charge in [-0.05, 0) is 25.0 Å². The highest BCUT2D eigenvalue weighted by atomic mass is 16.1. The van der Waals surface area contributed by atoms with Gasteiger partial charge in [-0.15, -0.1) is 0 Å². The number of hydrogen-bond acceptors (Lipinski definition) is 3. The number of fused-ring (bicyclic) bond motifs is 2. The lowest BCUT2D eigenvalue weighted by atomic mass is 9.78. The molecule has 0 aromatic heterocycles. The fraction of sp³-hybridized carbons (Fsp3) is 0.111. The standard InChI is InChI=1S/C18H10N2O2/c1-9-13(8-19)16(20-3)10(2)15-14(9)17(21)11-6-4-5-7-12(11)18(15)22/h4-7H,1-2H3. The normalized spacial score (nSPS) is 12.2. The topological polar surface area (TPSA) is 62.3 Å². The van der Waals surface area contributed by atoms with E-state index in [0.29, 0.717) is 22.3 Å². The Balaban J connectivity index is 2.50. The van der Waals surface area contributed by atoms with Crippen LogP contribution in [0.5, 0.6) is 0 Å². The molecule has 0 radical (unpaired) electrons. The minimum Gasteiger partial charge on any atom is -0.289 e. The average Bonchev–Trinajstić information content (AvgIpc) is 2.53. The highest BCUT2D eigenvalue weighted by Crippen LogP contribution is 2.38. The molecule has 0 spiro atoms. The maximum atomic E-state index is 12.8. The Labute approximate surface area is 127 Å². The Hall–Kier alpha value is -3.24. The summed E-state index contributed by atoms with van der Waals surface area (Å²) in [7, 11) is 0. The molecule has 1 aliphatic rings. The minimum atomic E-state index is -0.265. The third kappa shape index (κ3) is 1.55. The predicted octanol–water partition coefficient (Wildman–Crippen LogP) is 3.50. The fourth-order valence-corrected chi connectivity index (χ4v) is 2.98. The summed E-state index contributed by atoms with van der Waals surface area (Å²) in [5.41, 5.74) is 2.34. The second-order valence-electron chi connectivity index (χ2n) is 5.15. The van der Waals surface area contributed by atoms with Gasteiger partial charge in [-0.25, -0.2) is 4.85 Å². The summed E-state index contributed by atoms with van der Waals surface area (Å²) < 4.78 is 0. The van der Waals surface area contributed by atoms with E-state index in [0.717, 1.165) is 0 Å². The fourth-order valence-electron chi connectivity index (χ4n) is 2.98. The third-order valence-corrected chi connectivity index (χ3v) is 4.06. The van der Waals surface area contributed by atoms with Crippen molar-refractivity contribution in [2.24, 2.45) is 0 Å². The van der Waals surface area contributed by atoms with Gasteiger partial charge in [0.2, 0.25) is 5.69 Å². The van der Waals surface area contributed by atoms with Crippen molar-refractivity contribution in [3.05, 3.63) is 74.6 Å². The van der Waals surface area contributed by atoms with Crippen LogP contribution in [0.2, 0.25) is 0 Å². The molecule has 3 rings (SSSR count). The van der Waals surface area contributed by atoms with Crippen LogP contribution in [-0.2, 0) is 0 Å². The van der Waals surface area contributed by atoms with Gasteiger partial charge < -0.3 is 0 Å². The largest absolute Gasteiger partial charge is 0.289 e. The zero-order valence-corrected chi connectivity index (χ0v) is 12.0. The molecule has 0 heterocycles. The number of rotatable bonds is 0. The molecule has 0 fully saturated rings. The van der Waals surface area contributed by atoms with E-state index in [1.807, 2.05) is 6.07 Å². The first kappa shape index (κ1) is 13.7. The lowest BCUT2D eigenvalue weighted by Gasteiger charge is -2.22. The van der Waals surface area contributed by atoms with Crippen molar-refractivity contribution in [1.29, 1.82) is 5.26 Å². The molecular weight excluding hydrogens is 276 g/mol. The molecular formula is C18H10N2O2. The quantitative estimate of drug-likeness (QED) is 0.594. The van der Waals surface area contributed by atoms with Gasteiger partial charge in [0.05, 0.1) is 18.2 Å². The lowest BCUT2D eigenvalue weighted by molar-refractivity contribution is 0.0978. The van der Waals surface area contributed by atoms with Gasteiger partial charge in [-0.3, -0.25) is 9.59 Å². The molecule has 2 aromatic carbocycles. The van der Waals surface area contributed by atoms with Gasteiger partial charge in [0.1, 0.15) is 0 Å². The van der Waals surface area contributed by atoms with E-state index in [9.17, 15) is 14.9 Å². The molecule has 0 aliphatic heterocycles. The molecule has 0 bridgehead atoms. The van der Waals surface area contributed by atoms with E-state index >= 15 is 0 Å². The molecule has 0 amide bonds. The van der Waals surface area contributed by atoms with Crippen molar-refractivity contribution < 1.29 is 9.59 Å². The summed E-state index contributed by atoms with van der Waals surface area (Å²) in [6.07, 6.45) is 0. The first-order chi connectivity index (χ1) is 10.5. The molecule has 1 aliphatic carbocycles. The summed E-state index contributed by atoms with van der Waals surface area (Å²) in [5, 5.41) is 9.31. The molecule has 0 atom stereocenters. The van der Waals surface area contributed by atoms with Crippen molar-refractivity contribution >= 4 is 17.3 Å². The van der Waals surface area contributed by atoms with Crippen molar-refractivity contribution in [2.75, 3.05) is 0 Å². The molecule has 0 unspecified atom stereocenters. The van der Waals surface area contributed by atoms with Crippen LogP contribution in [0.25, 0.3) is 4.85 Å². The van der Waals surface area contributed by atoms with Crippen LogP contribution in [0.15, 0.2) is 24.3 Å². The molecule has 4 nitrogen and oxygen atoms in total. The number of carbonyl (C=O) groups excluding carboxylic acids is 2. The van der Waals surface area contributed by atoms with Gasteiger partial charge in [-0.1, -0.05) is 24.3 Å². The maximum absolute atomic E-state index is 12.8. The van der Waals surface area contributed by atoms with E-state index in [1.54, 1.807) is 38.1 Å². The van der Waals surface area contributed by atoms with Crippen molar-refractivity contribution in [3.8, 4) is 6.07 Å². The first-order valence-electron chi connectivity index (χ1n) is 6.66. The SMILES string of the molecule is [C-]#[N+]c1c(C)c2c(c(C)c1C#N)C(=O)c1ccccc1C2=O. The Morgan fingerprint density at radius 1 is 1.00 bits per heavy atom. The second-order valence-corrected chi connectivity index (χ2v) is 5.15. The molecule has 2 aromatic rings. The van der Waals surface area contributed by atoms with E-state index in [-0.39, 0.29) is 33.9 Å². The van der Waals surface area contributed by atoms with Crippen LogP contribution in [0.1, 0.15) is 48.5 Å². The van der Waals surface area contributed by atoms with Crippen molar-refractivity contribution in [3.63, 3.8) is 0 Å².